The van der Waals surface area contributed by atoms with Crippen LogP contribution in [0.5, 0.6) is 0 Å². The zero-order valence-electron chi connectivity index (χ0n) is 69.8. The van der Waals surface area contributed by atoms with Crippen molar-refractivity contribution >= 4 is 0 Å². The molecular weight excluding hydrogens is 3180 g/mol. The van der Waals surface area contributed by atoms with Gasteiger partial charge in [-0.2, -0.15) is 0 Å². The Morgan fingerprint density at radius 3 is 0.164 bits per heavy atom. The maximum atomic E-state index is 2.33. The second kappa shape index (κ2) is 246. The average Bonchev–Trinajstić information content (AvgIpc) is 3.37. The number of hydrogen-bond acceptors (Lipinski definition) is 0. The minimum absolute atomic E-state index is 0. The molecule has 0 amide bonds. The van der Waals surface area contributed by atoms with Gasteiger partial charge in [-0.05, 0) is 103 Å². The molecule has 0 heterocycles. The van der Waals surface area contributed by atoms with Crippen molar-refractivity contribution in [3.63, 3.8) is 0 Å². The second-order valence-corrected chi connectivity index (χ2v) is 22.6. The van der Waals surface area contributed by atoms with Gasteiger partial charge >= 0.3 is 0 Å². The van der Waals surface area contributed by atoms with Crippen molar-refractivity contribution in [3.8, 4) is 0 Å². The maximum absolute atomic E-state index is 2.33. The summed E-state index contributed by atoms with van der Waals surface area (Å²) in [5.74, 6) is 0. The summed E-state index contributed by atoms with van der Waals surface area (Å²) in [7, 11) is 0. The van der Waals surface area contributed by atoms with Crippen LogP contribution in [0, 0.1) is 0 Å². The normalized spacial score (nSPS) is 7.42. The van der Waals surface area contributed by atoms with Gasteiger partial charge < -0.3 is 193 Å². The van der Waals surface area contributed by atoms with Gasteiger partial charge in [0.05, 0.1) is 105 Å². The fourth-order valence-electron chi connectivity index (χ4n) is 10.6. The molecule has 0 fully saturated rings. The number of unbranched alkanes of at least 4 members (excludes halogenated alkanes) is 16. The van der Waals surface area contributed by atoms with Crippen LogP contribution < -0.4 is 0 Å². The standard InChI is InChI=1S/4C16H36N.10H2O.22O.10W/c4*1-5-9-13-17(14-10-6-2,15-11-7-3)16-12-8-4;;;;;;;;;;;;;;;;;;;;;;;;;;;;;;;;;;;;;;;;;;/h4*5-16H2,1-4H3;10*1H2;;;;;;;;;;;;;;;;;;;;;;;;;;;;;;;;/q4*+1;;;;;;;;;;;22*-2;;;;;;;;;;. The van der Waals surface area contributed by atoms with Crippen LogP contribution in [0.2, 0.25) is 0 Å². The van der Waals surface area contributed by atoms with Crippen molar-refractivity contribution in [1.82, 2.24) is 0 Å². The number of hydrogen-bond donors (Lipinski definition) is 0. The van der Waals surface area contributed by atoms with E-state index in [1.165, 1.54) is 328 Å². The van der Waals surface area contributed by atoms with Gasteiger partial charge in [0.25, 0.3) is 0 Å². The summed E-state index contributed by atoms with van der Waals surface area (Å²) >= 11 is 0. The molecule has 0 saturated carbocycles. The van der Waals surface area contributed by atoms with Gasteiger partial charge in [0.1, 0.15) is 0 Å². The molecule has 0 aliphatic heterocycles. The summed E-state index contributed by atoms with van der Waals surface area (Å²) in [6.45, 7) is 60.1. The largest absolute Gasteiger partial charge is 2.00 e. The van der Waals surface area contributed by atoms with E-state index in [-0.39, 0.29) is 386 Å². The third-order valence-corrected chi connectivity index (χ3v) is 15.8. The summed E-state index contributed by atoms with van der Waals surface area (Å²) < 4.78 is 5.68. The molecule has 0 spiro atoms. The molecule has 0 radical (unpaired) electrons. The van der Waals surface area contributed by atoms with Gasteiger partial charge in [0.2, 0.25) is 0 Å². The Hall–Kier alpha value is 5.44. The summed E-state index contributed by atoms with van der Waals surface area (Å²) in [5.41, 5.74) is 0. The first-order valence-corrected chi connectivity index (χ1v) is 32.4. The molecule has 0 aromatic heterocycles. The van der Waals surface area contributed by atoms with E-state index in [4.69, 9.17) is 0 Å². The molecular formula is C64H164N4O32W10-40. The van der Waals surface area contributed by atoms with E-state index >= 15 is 0 Å². The van der Waals surface area contributed by atoms with E-state index in [1.54, 1.807) is 0 Å². The second-order valence-electron chi connectivity index (χ2n) is 22.6. The Bertz CT molecular complexity index is 747. The Morgan fingerprint density at radius 1 is 0.100 bits per heavy atom. The van der Waals surface area contributed by atoms with Crippen molar-refractivity contribution in [2.75, 3.05) is 105 Å². The van der Waals surface area contributed by atoms with E-state index in [0.717, 1.165) is 0 Å². The SMILES string of the molecule is CCCC[N+](CCCC)(CCCC)CCCC.CCCC[N+](CCCC)(CCCC)CCCC.CCCC[N+](CCCC)(CCCC)CCCC.CCCC[N+](CCCC)(CCCC)CCCC.O.O.O.O.O.O.O.O.O.O.[O-2].[O-2].[O-2].[O-2].[O-2].[O-2].[O-2].[O-2].[O-2].[O-2].[O-2].[O-2].[O-2].[O-2].[O-2].[O-2].[O-2].[O-2].[O-2].[O-2].[O-2].[O-2].[W].[W].[W].[W].[W].[W].[W].[W].[W].[W]. The first-order chi connectivity index (χ1) is 33.0. The van der Waals surface area contributed by atoms with Crippen molar-refractivity contribution in [2.45, 2.75) is 316 Å². The van der Waals surface area contributed by atoms with Crippen LogP contribution >= 0.6 is 0 Å². The van der Waals surface area contributed by atoms with E-state index in [9.17, 15) is 0 Å². The van der Waals surface area contributed by atoms with Gasteiger partial charge in [-0.1, -0.05) is 214 Å². The zero-order chi connectivity index (χ0) is 51.9. The predicted molar refractivity (Wildman–Crippen MR) is 369 cm³/mol. The smallest absolute Gasteiger partial charge is 0.0786 e. The molecule has 0 unspecified atom stereocenters. The van der Waals surface area contributed by atoms with Crippen LogP contribution in [0.4, 0.5) is 0 Å². The van der Waals surface area contributed by atoms with E-state index in [0.29, 0.717) is 0 Å². The van der Waals surface area contributed by atoms with Crippen LogP contribution in [-0.4, -0.2) is 177 Å². The van der Waals surface area contributed by atoms with E-state index in [1.807, 2.05) is 0 Å². The van der Waals surface area contributed by atoms with Crippen LogP contribution in [0.25, 0.3) is 0 Å². The van der Waals surface area contributed by atoms with Gasteiger partial charge in [-0.3, -0.25) is 0 Å². The van der Waals surface area contributed by atoms with Crippen LogP contribution in [0.1, 0.15) is 316 Å². The molecule has 0 aromatic rings. The number of quaternary nitrogens is 4. The van der Waals surface area contributed by atoms with Gasteiger partial charge in [-0.15, -0.1) is 0 Å². The van der Waals surface area contributed by atoms with Crippen molar-refractivity contribution in [3.05, 3.63) is 0 Å². The third kappa shape index (κ3) is 196. The summed E-state index contributed by atoms with van der Waals surface area (Å²) in [6, 6.07) is 0. The minimum atomic E-state index is 0. The molecule has 0 rings (SSSR count). The predicted octanol–water partition coefficient (Wildman–Crippen LogP) is 9.13. The first kappa shape index (κ1) is 314. The molecule has 732 valence electrons. The summed E-state index contributed by atoms with van der Waals surface area (Å²) in [5, 5.41) is 0. The Kier molecular flexibility index (Phi) is 700. The fraction of sp³-hybridized carbons (Fsp3) is 1.00. The summed E-state index contributed by atoms with van der Waals surface area (Å²) in [6.07, 6.45) is 44.2. The zero-order valence-corrected chi connectivity index (χ0v) is 99.1. The molecule has 46 heteroatoms. The molecule has 0 aliphatic rings. The Labute approximate surface area is 816 Å². The Morgan fingerprint density at radius 2 is 0.136 bits per heavy atom. The van der Waals surface area contributed by atoms with Gasteiger partial charge in [0.15, 0.2) is 0 Å². The van der Waals surface area contributed by atoms with Crippen molar-refractivity contribution < 1.29 is 404 Å². The molecule has 20 N–H and O–H groups in total. The third-order valence-electron chi connectivity index (χ3n) is 15.8. The van der Waals surface area contributed by atoms with Gasteiger partial charge in [0, 0.05) is 211 Å². The quantitative estimate of drug-likeness (QED) is 0.0514. The molecule has 0 bridgehead atoms. The van der Waals surface area contributed by atoms with Crippen LogP contribution in [-0.2, 0) is 331 Å². The van der Waals surface area contributed by atoms with Gasteiger partial charge in [-0.25, -0.2) is 0 Å². The number of rotatable bonds is 48. The molecule has 0 saturated heterocycles. The van der Waals surface area contributed by atoms with Crippen molar-refractivity contribution in [2.24, 2.45) is 0 Å². The molecule has 0 aromatic carbocycles. The molecule has 0 atom stereocenters. The van der Waals surface area contributed by atoms with Crippen molar-refractivity contribution in [1.29, 1.82) is 0 Å². The molecule has 110 heavy (non-hydrogen) atoms. The van der Waals surface area contributed by atoms with Crippen LogP contribution in [0.15, 0.2) is 0 Å². The Balaban J connectivity index is -0.0000000100. The number of nitrogens with zero attached hydrogens (tertiary/aromatic N) is 4. The molecule has 0 aliphatic carbocycles. The monoisotopic (exact) mass is 3340 g/mol. The van der Waals surface area contributed by atoms with Crippen LogP contribution in [0.3, 0.4) is 0 Å². The maximum Gasteiger partial charge on any atom is 0.0786 e. The first-order valence-electron chi connectivity index (χ1n) is 32.4. The topological polar surface area (TPSA) is 942 Å². The average molecular weight is 3340 g/mol. The minimum Gasteiger partial charge on any atom is -2.00 e. The van der Waals surface area contributed by atoms with E-state index < -0.39 is 0 Å². The molecule has 36 nitrogen and oxygen atoms in total. The van der Waals surface area contributed by atoms with E-state index in [2.05, 4.69) is 111 Å². The fourth-order valence-corrected chi connectivity index (χ4v) is 10.6. The summed E-state index contributed by atoms with van der Waals surface area (Å²) in [4.78, 5) is 0.